The highest BCUT2D eigenvalue weighted by Crippen LogP contribution is 2.26. The van der Waals surface area contributed by atoms with E-state index in [0.29, 0.717) is 6.54 Å². The van der Waals surface area contributed by atoms with E-state index >= 15 is 0 Å². The molecule has 4 rings (SSSR count). The standard InChI is InChI=1S/C21H23N5O/c1-24-11-12-26(20(14-24)18-5-3-2-4-6-18)21(27)19-9-7-17(8-10-19)13-25-16-22-15-23-25/h2-10,15-16,20H,11-14H2,1H3/t20-/m0/s1. The Morgan fingerprint density at radius 3 is 2.56 bits per heavy atom. The van der Waals surface area contributed by atoms with Gasteiger partial charge >= 0.3 is 0 Å². The summed E-state index contributed by atoms with van der Waals surface area (Å²) in [5.74, 6) is 0.0873. The average molecular weight is 361 g/mol. The van der Waals surface area contributed by atoms with Gasteiger partial charge in [0.1, 0.15) is 12.7 Å². The van der Waals surface area contributed by atoms with E-state index in [1.807, 2.05) is 47.4 Å². The Kier molecular flexibility index (Phi) is 4.98. The van der Waals surface area contributed by atoms with E-state index in [4.69, 9.17) is 0 Å². The number of aromatic nitrogens is 3. The van der Waals surface area contributed by atoms with Crippen molar-refractivity contribution in [2.45, 2.75) is 12.6 Å². The summed E-state index contributed by atoms with van der Waals surface area (Å²) in [4.78, 5) is 21.4. The smallest absolute Gasteiger partial charge is 0.254 e. The molecule has 1 atom stereocenters. The minimum Gasteiger partial charge on any atom is -0.329 e. The highest BCUT2D eigenvalue weighted by atomic mass is 16.2. The van der Waals surface area contributed by atoms with Crippen LogP contribution in [0.1, 0.15) is 27.5 Å². The lowest BCUT2D eigenvalue weighted by atomic mass is 10.0. The molecule has 1 amide bonds. The number of carbonyl (C=O) groups is 1. The molecule has 0 spiro atoms. The van der Waals surface area contributed by atoms with Crippen LogP contribution >= 0.6 is 0 Å². The third-order valence-corrected chi connectivity index (χ3v) is 5.04. The number of hydrogen-bond acceptors (Lipinski definition) is 4. The van der Waals surface area contributed by atoms with E-state index in [1.165, 1.54) is 11.9 Å². The molecule has 1 aliphatic heterocycles. The van der Waals surface area contributed by atoms with Crippen molar-refractivity contribution < 1.29 is 4.79 Å². The molecule has 1 fully saturated rings. The number of rotatable bonds is 4. The Labute approximate surface area is 159 Å². The normalized spacial score (nSPS) is 17.8. The topological polar surface area (TPSA) is 54.3 Å². The maximum absolute atomic E-state index is 13.2. The van der Waals surface area contributed by atoms with Crippen molar-refractivity contribution in [2.24, 2.45) is 0 Å². The number of carbonyl (C=O) groups excluding carboxylic acids is 1. The lowest BCUT2D eigenvalue weighted by Crippen LogP contribution is -2.49. The SMILES string of the molecule is CN1CCN(C(=O)c2ccc(Cn3cncn3)cc2)[C@H](c2ccccc2)C1. The molecule has 1 aromatic heterocycles. The van der Waals surface area contributed by atoms with Crippen molar-refractivity contribution >= 4 is 5.91 Å². The zero-order chi connectivity index (χ0) is 18.6. The molecule has 1 saturated heterocycles. The quantitative estimate of drug-likeness (QED) is 0.716. The largest absolute Gasteiger partial charge is 0.329 e. The number of amides is 1. The number of hydrogen-bond donors (Lipinski definition) is 0. The van der Waals surface area contributed by atoms with Crippen LogP contribution in [0.15, 0.2) is 67.3 Å². The Morgan fingerprint density at radius 1 is 1.07 bits per heavy atom. The van der Waals surface area contributed by atoms with Gasteiger partial charge in [0, 0.05) is 25.2 Å². The predicted molar refractivity (Wildman–Crippen MR) is 103 cm³/mol. The summed E-state index contributed by atoms with van der Waals surface area (Å²) >= 11 is 0. The molecule has 138 valence electrons. The Hall–Kier alpha value is -2.99. The molecular weight excluding hydrogens is 338 g/mol. The summed E-state index contributed by atoms with van der Waals surface area (Å²) in [6, 6.07) is 18.2. The van der Waals surface area contributed by atoms with Gasteiger partial charge in [-0.25, -0.2) is 9.67 Å². The van der Waals surface area contributed by atoms with E-state index < -0.39 is 0 Å². The first-order valence-corrected chi connectivity index (χ1v) is 9.16. The fourth-order valence-electron chi connectivity index (χ4n) is 3.54. The molecule has 0 unspecified atom stereocenters. The lowest BCUT2D eigenvalue weighted by molar-refractivity contribution is 0.0498. The van der Waals surface area contributed by atoms with Crippen molar-refractivity contribution in [1.82, 2.24) is 24.6 Å². The molecule has 2 heterocycles. The van der Waals surface area contributed by atoms with Crippen molar-refractivity contribution in [2.75, 3.05) is 26.7 Å². The van der Waals surface area contributed by atoms with E-state index in [2.05, 4.69) is 34.2 Å². The molecule has 6 nitrogen and oxygen atoms in total. The summed E-state index contributed by atoms with van der Waals surface area (Å²) in [6.45, 7) is 3.12. The second-order valence-corrected chi connectivity index (χ2v) is 6.98. The lowest BCUT2D eigenvalue weighted by Gasteiger charge is -2.40. The number of piperazine rings is 1. The Bertz CT molecular complexity index is 877. The first kappa shape index (κ1) is 17.4. The van der Waals surface area contributed by atoms with Gasteiger partial charge in [0.15, 0.2) is 0 Å². The van der Waals surface area contributed by atoms with Gasteiger partial charge in [-0.2, -0.15) is 5.10 Å². The fraction of sp³-hybridized carbons (Fsp3) is 0.286. The van der Waals surface area contributed by atoms with Crippen LogP contribution in [0.5, 0.6) is 0 Å². The van der Waals surface area contributed by atoms with E-state index in [1.54, 1.807) is 11.0 Å². The minimum absolute atomic E-state index is 0.0762. The van der Waals surface area contributed by atoms with Gasteiger partial charge in [-0.1, -0.05) is 42.5 Å². The Morgan fingerprint density at radius 2 is 1.85 bits per heavy atom. The average Bonchev–Trinajstić information content (AvgIpc) is 3.22. The molecule has 1 aliphatic rings. The third-order valence-electron chi connectivity index (χ3n) is 5.04. The van der Waals surface area contributed by atoms with Crippen molar-refractivity contribution in [1.29, 1.82) is 0 Å². The molecule has 6 heteroatoms. The molecule has 0 saturated carbocycles. The van der Waals surface area contributed by atoms with Crippen LogP contribution < -0.4 is 0 Å². The van der Waals surface area contributed by atoms with Crippen LogP contribution in [0.25, 0.3) is 0 Å². The maximum atomic E-state index is 13.2. The van der Waals surface area contributed by atoms with Crippen LogP contribution in [0.3, 0.4) is 0 Å². The highest BCUT2D eigenvalue weighted by molar-refractivity contribution is 5.94. The predicted octanol–water partition coefficient (Wildman–Crippen LogP) is 2.46. The molecule has 0 bridgehead atoms. The van der Waals surface area contributed by atoms with E-state index in [-0.39, 0.29) is 11.9 Å². The summed E-state index contributed by atoms with van der Waals surface area (Å²) in [7, 11) is 2.11. The molecular formula is C21H23N5O. The maximum Gasteiger partial charge on any atom is 0.254 e. The summed E-state index contributed by atoms with van der Waals surface area (Å²) in [5.41, 5.74) is 3.00. The second kappa shape index (κ2) is 7.72. The molecule has 27 heavy (non-hydrogen) atoms. The van der Waals surface area contributed by atoms with Crippen LogP contribution in [0, 0.1) is 0 Å². The molecule has 0 radical (unpaired) electrons. The molecule has 3 aromatic rings. The van der Waals surface area contributed by atoms with Gasteiger partial charge in [-0.3, -0.25) is 4.79 Å². The van der Waals surface area contributed by atoms with Crippen molar-refractivity contribution in [3.05, 3.63) is 83.9 Å². The minimum atomic E-state index is 0.0762. The van der Waals surface area contributed by atoms with Gasteiger partial charge < -0.3 is 9.80 Å². The monoisotopic (exact) mass is 361 g/mol. The van der Waals surface area contributed by atoms with Crippen LogP contribution in [-0.2, 0) is 6.54 Å². The summed E-state index contributed by atoms with van der Waals surface area (Å²) in [5, 5.41) is 4.12. The first-order chi connectivity index (χ1) is 13.2. The zero-order valence-corrected chi connectivity index (χ0v) is 15.4. The second-order valence-electron chi connectivity index (χ2n) is 6.98. The number of likely N-dealkylation sites (N-methyl/N-ethyl adjacent to an activating group) is 1. The fourth-order valence-corrected chi connectivity index (χ4v) is 3.54. The first-order valence-electron chi connectivity index (χ1n) is 9.16. The zero-order valence-electron chi connectivity index (χ0n) is 15.4. The van der Waals surface area contributed by atoms with Crippen molar-refractivity contribution in [3.63, 3.8) is 0 Å². The molecule has 2 aromatic carbocycles. The summed E-state index contributed by atoms with van der Waals surface area (Å²) < 4.78 is 1.77. The van der Waals surface area contributed by atoms with Gasteiger partial charge in [0.05, 0.1) is 12.6 Å². The molecule has 0 aliphatic carbocycles. The molecule has 0 N–H and O–H groups in total. The van der Waals surface area contributed by atoms with Gasteiger partial charge in [-0.05, 0) is 30.3 Å². The third kappa shape index (κ3) is 3.90. The van der Waals surface area contributed by atoms with Crippen molar-refractivity contribution in [3.8, 4) is 0 Å². The van der Waals surface area contributed by atoms with Crippen LogP contribution in [0.2, 0.25) is 0 Å². The highest BCUT2D eigenvalue weighted by Gasteiger charge is 2.30. The van der Waals surface area contributed by atoms with Gasteiger partial charge in [0.25, 0.3) is 5.91 Å². The van der Waals surface area contributed by atoms with E-state index in [9.17, 15) is 4.79 Å². The number of nitrogens with zero attached hydrogens (tertiary/aromatic N) is 5. The van der Waals surface area contributed by atoms with Crippen LogP contribution in [0.4, 0.5) is 0 Å². The van der Waals surface area contributed by atoms with Crippen LogP contribution in [-0.4, -0.2) is 57.2 Å². The van der Waals surface area contributed by atoms with Gasteiger partial charge in [0.2, 0.25) is 0 Å². The Balaban J connectivity index is 1.53. The summed E-state index contributed by atoms with van der Waals surface area (Å²) in [6.07, 6.45) is 3.21. The van der Waals surface area contributed by atoms with Gasteiger partial charge in [-0.15, -0.1) is 0 Å². The number of benzene rings is 2. The van der Waals surface area contributed by atoms with E-state index in [0.717, 1.165) is 30.8 Å².